The van der Waals surface area contributed by atoms with Crippen LogP contribution in [0.15, 0.2) is 11.4 Å². The Kier molecular flexibility index (Phi) is 3.73. The number of carbonyl (C=O) groups is 1. The number of hydrogen-bond donors (Lipinski definition) is 4. The predicted molar refractivity (Wildman–Crippen MR) is 70.9 cm³/mol. The number of rotatable bonds is 3. The summed E-state index contributed by atoms with van der Waals surface area (Å²) in [7, 11) is 0. The molecular formula is C12H19N5O2. The molecule has 2 rings (SSSR count). The molecule has 0 radical (unpaired) electrons. The van der Waals surface area contributed by atoms with E-state index in [4.69, 9.17) is 10.9 Å². The fourth-order valence-electron chi connectivity index (χ4n) is 2.45. The zero-order chi connectivity index (χ0) is 13.9. The van der Waals surface area contributed by atoms with Crippen LogP contribution >= 0.6 is 0 Å². The quantitative estimate of drug-likeness (QED) is 0.286. The maximum absolute atomic E-state index is 12.3. The lowest BCUT2D eigenvalue weighted by Gasteiger charge is -2.31. The third-order valence-corrected chi connectivity index (χ3v) is 3.77. The first kappa shape index (κ1) is 13.4. The zero-order valence-electron chi connectivity index (χ0n) is 10.9. The van der Waals surface area contributed by atoms with Gasteiger partial charge in [-0.3, -0.25) is 9.89 Å². The van der Waals surface area contributed by atoms with Crippen LogP contribution in [0.3, 0.4) is 0 Å². The molecule has 1 saturated carbocycles. The number of oxime groups is 1. The topological polar surface area (TPSA) is 116 Å². The largest absolute Gasteiger partial charge is 0.409 e. The van der Waals surface area contributed by atoms with E-state index in [0.717, 1.165) is 25.7 Å². The van der Waals surface area contributed by atoms with Gasteiger partial charge in [0.1, 0.15) is 5.82 Å². The molecule has 0 aliphatic heterocycles. The number of nitrogens with zero attached hydrogens (tertiary/aromatic N) is 2. The Hall–Kier alpha value is -2.05. The van der Waals surface area contributed by atoms with Crippen LogP contribution in [0.2, 0.25) is 0 Å². The van der Waals surface area contributed by atoms with Crippen molar-refractivity contribution in [3.63, 3.8) is 0 Å². The highest BCUT2D eigenvalue weighted by atomic mass is 16.4. The number of carbonyl (C=O) groups excluding carboxylic acids is 1. The first-order valence-electron chi connectivity index (χ1n) is 6.39. The molecule has 0 unspecified atom stereocenters. The maximum atomic E-state index is 12.3. The smallest absolute Gasteiger partial charge is 0.231 e. The second-order valence-electron chi connectivity index (χ2n) is 5.22. The second-order valence-corrected chi connectivity index (χ2v) is 5.22. The molecule has 1 fully saturated rings. The molecule has 5 N–H and O–H groups in total. The molecule has 1 heterocycles. The lowest BCUT2D eigenvalue weighted by atomic mass is 9.75. The molecule has 7 heteroatoms. The number of anilines is 1. The summed E-state index contributed by atoms with van der Waals surface area (Å²) in [6.45, 7) is 1.97. The highest BCUT2D eigenvalue weighted by molar-refractivity contribution is 6.05. The van der Waals surface area contributed by atoms with Gasteiger partial charge in [-0.25, -0.2) is 0 Å². The van der Waals surface area contributed by atoms with E-state index in [1.807, 2.05) is 6.92 Å². The van der Waals surface area contributed by atoms with Gasteiger partial charge in [0.25, 0.3) is 0 Å². The normalized spacial score (nSPS) is 19.1. The monoisotopic (exact) mass is 265 g/mol. The Morgan fingerprint density at radius 3 is 2.84 bits per heavy atom. The molecule has 1 amide bonds. The van der Waals surface area contributed by atoms with Crippen molar-refractivity contribution in [3.05, 3.63) is 11.8 Å². The Balaban J connectivity index is 2.13. The van der Waals surface area contributed by atoms with Gasteiger partial charge in [-0.2, -0.15) is 5.10 Å². The number of H-pyrrole nitrogens is 1. The molecule has 0 saturated heterocycles. The van der Waals surface area contributed by atoms with Gasteiger partial charge in [0.05, 0.1) is 11.8 Å². The van der Waals surface area contributed by atoms with Crippen LogP contribution in [0.1, 0.15) is 44.6 Å². The predicted octanol–water partition coefficient (Wildman–Crippen LogP) is 1.41. The number of amidine groups is 1. The number of hydrogen-bond acceptors (Lipinski definition) is 4. The molecule has 0 bridgehead atoms. The standard InChI is InChI=1S/C12H19N5O2/c1-12(5-3-2-4-6-12)11(18)15-10-8(7-14-16-10)9(13)17-19/h7,19H,2-6H2,1H3,(H2,13,17)(H2,14,15,16,18). The van der Waals surface area contributed by atoms with Gasteiger partial charge in [-0.15, -0.1) is 0 Å². The summed E-state index contributed by atoms with van der Waals surface area (Å²) in [6.07, 6.45) is 6.49. The molecule has 104 valence electrons. The number of amides is 1. The van der Waals surface area contributed by atoms with Crippen molar-refractivity contribution in [1.82, 2.24) is 10.2 Å². The first-order chi connectivity index (χ1) is 9.07. The van der Waals surface area contributed by atoms with Crippen LogP contribution in [-0.2, 0) is 4.79 Å². The lowest BCUT2D eigenvalue weighted by molar-refractivity contribution is -0.126. The molecule has 0 aromatic carbocycles. The van der Waals surface area contributed by atoms with Crippen LogP contribution in [-0.4, -0.2) is 27.1 Å². The van der Waals surface area contributed by atoms with Crippen molar-refractivity contribution < 1.29 is 10.0 Å². The van der Waals surface area contributed by atoms with Gasteiger partial charge in [-0.05, 0) is 12.8 Å². The summed E-state index contributed by atoms with van der Waals surface area (Å²) in [4.78, 5) is 12.3. The van der Waals surface area contributed by atoms with Crippen LogP contribution in [0.5, 0.6) is 0 Å². The fraction of sp³-hybridized carbons (Fsp3) is 0.583. The first-order valence-corrected chi connectivity index (χ1v) is 6.39. The van der Waals surface area contributed by atoms with Gasteiger partial charge in [-0.1, -0.05) is 31.3 Å². The summed E-state index contributed by atoms with van der Waals surface area (Å²) in [6, 6.07) is 0. The minimum atomic E-state index is -0.355. The van der Waals surface area contributed by atoms with Crippen LogP contribution in [0, 0.1) is 5.41 Å². The average Bonchev–Trinajstić information content (AvgIpc) is 2.87. The molecule has 1 aromatic heterocycles. The Morgan fingerprint density at radius 2 is 2.21 bits per heavy atom. The Bertz CT molecular complexity index is 488. The SMILES string of the molecule is CC1(C(=O)Nc2[nH]ncc2C(N)=NO)CCCCC1. The van der Waals surface area contributed by atoms with E-state index in [1.54, 1.807) is 0 Å². The van der Waals surface area contributed by atoms with Crippen molar-refractivity contribution in [2.45, 2.75) is 39.0 Å². The van der Waals surface area contributed by atoms with Gasteiger partial charge in [0, 0.05) is 5.41 Å². The third kappa shape index (κ3) is 2.69. The summed E-state index contributed by atoms with van der Waals surface area (Å²) in [5.41, 5.74) is 5.54. The van der Waals surface area contributed by atoms with E-state index < -0.39 is 0 Å². The van der Waals surface area contributed by atoms with E-state index in [2.05, 4.69) is 20.7 Å². The lowest BCUT2D eigenvalue weighted by Crippen LogP contribution is -2.36. The summed E-state index contributed by atoms with van der Waals surface area (Å²) >= 11 is 0. The molecule has 1 aromatic rings. The molecule has 19 heavy (non-hydrogen) atoms. The number of nitrogens with two attached hydrogens (primary N) is 1. The molecule has 0 atom stereocenters. The third-order valence-electron chi connectivity index (χ3n) is 3.77. The number of aromatic amines is 1. The van der Waals surface area contributed by atoms with Gasteiger partial charge >= 0.3 is 0 Å². The van der Waals surface area contributed by atoms with E-state index in [-0.39, 0.29) is 17.2 Å². The molecular weight excluding hydrogens is 246 g/mol. The highest BCUT2D eigenvalue weighted by Gasteiger charge is 2.35. The van der Waals surface area contributed by atoms with Crippen molar-refractivity contribution >= 4 is 17.6 Å². The second kappa shape index (κ2) is 5.29. The van der Waals surface area contributed by atoms with Crippen molar-refractivity contribution in [2.24, 2.45) is 16.3 Å². The zero-order valence-corrected chi connectivity index (χ0v) is 10.9. The van der Waals surface area contributed by atoms with Crippen LogP contribution in [0.25, 0.3) is 0 Å². The number of nitrogens with one attached hydrogen (secondary N) is 2. The minimum absolute atomic E-state index is 0.0524. The summed E-state index contributed by atoms with van der Waals surface area (Å²) < 4.78 is 0. The molecule has 0 spiro atoms. The minimum Gasteiger partial charge on any atom is -0.409 e. The van der Waals surface area contributed by atoms with E-state index in [9.17, 15) is 4.79 Å². The van der Waals surface area contributed by atoms with Gasteiger partial charge in [0.2, 0.25) is 5.91 Å². The highest BCUT2D eigenvalue weighted by Crippen LogP contribution is 2.36. The van der Waals surface area contributed by atoms with Crippen molar-refractivity contribution in [2.75, 3.05) is 5.32 Å². The summed E-state index contributed by atoms with van der Waals surface area (Å²) in [5, 5.41) is 20.8. The molecule has 1 aliphatic rings. The Labute approximate surface area is 111 Å². The Morgan fingerprint density at radius 1 is 1.53 bits per heavy atom. The maximum Gasteiger partial charge on any atom is 0.231 e. The fourth-order valence-corrected chi connectivity index (χ4v) is 2.45. The molecule has 7 nitrogen and oxygen atoms in total. The van der Waals surface area contributed by atoms with Gasteiger partial charge < -0.3 is 16.3 Å². The van der Waals surface area contributed by atoms with Crippen molar-refractivity contribution in [1.29, 1.82) is 0 Å². The van der Waals surface area contributed by atoms with Crippen LogP contribution in [0.4, 0.5) is 5.82 Å². The van der Waals surface area contributed by atoms with Gasteiger partial charge in [0.15, 0.2) is 5.84 Å². The molecule has 1 aliphatic carbocycles. The van der Waals surface area contributed by atoms with E-state index in [0.29, 0.717) is 11.4 Å². The van der Waals surface area contributed by atoms with E-state index >= 15 is 0 Å². The average molecular weight is 265 g/mol. The summed E-state index contributed by atoms with van der Waals surface area (Å²) in [5.74, 6) is 0.230. The van der Waals surface area contributed by atoms with E-state index in [1.165, 1.54) is 12.6 Å². The van der Waals surface area contributed by atoms with Crippen LogP contribution < -0.4 is 11.1 Å². The van der Waals surface area contributed by atoms with Crippen molar-refractivity contribution in [3.8, 4) is 0 Å². The number of aromatic nitrogens is 2.